The molecule has 0 N–H and O–H groups in total. The van der Waals surface area contributed by atoms with Gasteiger partial charge in [-0.2, -0.15) is 0 Å². The van der Waals surface area contributed by atoms with Gasteiger partial charge in [-0.3, -0.25) is 4.57 Å². The number of nitrogens with zero attached hydrogens (tertiary/aromatic N) is 3. The van der Waals surface area contributed by atoms with E-state index in [1.165, 1.54) is 12.1 Å². The molecule has 0 radical (unpaired) electrons. The van der Waals surface area contributed by atoms with Crippen LogP contribution >= 0.6 is 27.7 Å². The van der Waals surface area contributed by atoms with E-state index in [2.05, 4.69) is 32.7 Å². The molecule has 7 heteroatoms. The maximum absolute atomic E-state index is 13.1. The number of benzene rings is 2. The molecule has 4 rings (SSSR count). The lowest BCUT2D eigenvalue weighted by Gasteiger charge is -2.06. The van der Waals surface area contributed by atoms with E-state index in [-0.39, 0.29) is 5.82 Å². The van der Waals surface area contributed by atoms with Gasteiger partial charge in [-0.05, 0) is 42.0 Å². The first-order valence-corrected chi connectivity index (χ1v) is 10.0. The first-order valence-electron chi connectivity index (χ1n) is 8.25. The minimum Gasteiger partial charge on any atom is -0.453 e. The number of fused-ring (bicyclic) bond motifs is 1. The third-order valence-electron chi connectivity index (χ3n) is 4.01. The number of hydrogen-bond acceptors (Lipinski definition) is 4. The van der Waals surface area contributed by atoms with Crippen LogP contribution in [-0.4, -0.2) is 14.8 Å². The molecule has 0 spiro atoms. The molecule has 27 heavy (non-hydrogen) atoms. The van der Waals surface area contributed by atoms with Gasteiger partial charge in [-0.15, -0.1) is 16.8 Å². The van der Waals surface area contributed by atoms with Crippen molar-refractivity contribution in [1.82, 2.24) is 14.8 Å². The normalized spacial score (nSPS) is 11.2. The SMILES string of the molecule is C=CCn1c(SCc2ccc(F)cc2)nnc1-c1cc2cc(Br)ccc2o1. The lowest BCUT2D eigenvalue weighted by Crippen LogP contribution is -2.00. The second kappa shape index (κ2) is 7.70. The van der Waals surface area contributed by atoms with E-state index >= 15 is 0 Å². The van der Waals surface area contributed by atoms with Gasteiger partial charge in [-0.25, -0.2) is 4.39 Å². The van der Waals surface area contributed by atoms with Crippen LogP contribution in [0.15, 0.2) is 75.2 Å². The Bertz CT molecular complexity index is 1100. The van der Waals surface area contributed by atoms with Crippen molar-refractivity contribution in [2.75, 3.05) is 0 Å². The number of aromatic nitrogens is 3. The van der Waals surface area contributed by atoms with Crippen molar-refractivity contribution < 1.29 is 8.81 Å². The zero-order valence-corrected chi connectivity index (χ0v) is 16.6. The molecular weight excluding hydrogens is 429 g/mol. The topological polar surface area (TPSA) is 43.9 Å². The van der Waals surface area contributed by atoms with Crippen molar-refractivity contribution in [1.29, 1.82) is 0 Å². The molecule has 2 aromatic carbocycles. The second-order valence-electron chi connectivity index (χ2n) is 5.91. The van der Waals surface area contributed by atoms with E-state index in [1.807, 2.05) is 28.8 Å². The Balaban J connectivity index is 1.64. The summed E-state index contributed by atoms with van der Waals surface area (Å²) in [5.74, 6) is 1.75. The highest BCUT2D eigenvalue weighted by Gasteiger charge is 2.17. The average molecular weight is 444 g/mol. The molecule has 0 aliphatic rings. The third-order valence-corrected chi connectivity index (χ3v) is 5.54. The Morgan fingerprint density at radius 2 is 1.96 bits per heavy atom. The van der Waals surface area contributed by atoms with E-state index in [4.69, 9.17) is 4.42 Å². The number of hydrogen-bond donors (Lipinski definition) is 0. The quantitative estimate of drug-likeness (QED) is 0.267. The average Bonchev–Trinajstić information content (AvgIpc) is 3.25. The van der Waals surface area contributed by atoms with Crippen LogP contribution in [0.5, 0.6) is 0 Å². The van der Waals surface area contributed by atoms with Crippen LogP contribution in [0.3, 0.4) is 0 Å². The predicted molar refractivity (Wildman–Crippen MR) is 109 cm³/mol. The molecule has 0 saturated carbocycles. The molecule has 2 aromatic heterocycles. The van der Waals surface area contributed by atoms with Crippen LogP contribution in [0.25, 0.3) is 22.6 Å². The highest BCUT2D eigenvalue weighted by molar-refractivity contribution is 9.10. The number of furan rings is 1. The van der Waals surface area contributed by atoms with E-state index < -0.39 is 0 Å². The Hall–Kier alpha value is -2.38. The first-order chi connectivity index (χ1) is 13.1. The largest absolute Gasteiger partial charge is 0.453 e. The Morgan fingerprint density at radius 3 is 2.74 bits per heavy atom. The molecule has 4 nitrogen and oxygen atoms in total. The van der Waals surface area contributed by atoms with Crippen molar-refractivity contribution in [3.8, 4) is 11.6 Å². The highest BCUT2D eigenvalue weighted by Crippen LogP contribution is 2.31. The van der Waals surface area contributed by atoms with Crippen LogP contribution in [0, 0.1) is 5.82 Å². The minimum atomic E-state index is -0.239. The van der Waals surface area contributed by atoms with Crippen molar-refractivity contribution in [2.45, 2.75) is 17.5 Å². The van der Waals surface area contributed by atoms with E-state index in [9.17, 15) is 4.39 Å². The molecule has 0 amide bonds. The zero-order chi connectivity index (χ0) is 18.8. The smallest absolute Gasteiger partial charge is 0.200 e. The monoisotopic (exact) mass is 443 g/mol. The van der Waals surface area contributed by atoms with Gasteiger partial charge in [0.15, 0.2) is 10.9 Å². The molecule has 136 valence electrons. The van der Waals surface area contributed by atoms with Gasteiger partial charge in [0, 0.05) is 22.2 Å². The van der Waals surface area contributed by atoms with Crippen LogP contribution in [0.2, 0.25) is 0 Å². The maximum atomic E-state index is 13.1. The molecule has 0 fully saturated rings. The summed E-state index contributed by atoms with van der Waals surface area (Å²) >= 11 is 5.01. The number of halogens is 2. The van der Waals surface area contributed by atoms with Gasteiger partial charge in [-0.1, -0.05) is 45.9 Å². The van der Waals surface area contributed by atoms with Gasteiger partial charge < -0.3 is 4.42 Å². The van der Waals surface area contributed by atoms with Crippen molar-refractivity contribution in [3.63, 3.8) is 0 Å². The van der Waals surface area contributed by atoms with Gasteiger partial charge in [0.1, 0.15) is 11.4 Å². The number of rotatable bonds is 6. The zero-order valence-electron chi connectivity index (χ0n) is 14.2. The summed E-state index contributed by atoms with van der Waals surface area (Å²) in [4.78, 5) is 0. The Morgan fingerprint density at radius 1 is 1.15 bits per heavy atom. The highest BCUT2D eigenvalue weighted by atomic mass is 79.9. The summed E-state index contributed by atoms with van der Waals surface area (Å²) in [6.45, 7) is 4.39. The number of thioether (sulfide) groups is 1. The van der Waals surface area contributed by atoms with Gasteiger partial charge in [0.05, 0.1) is 0 Å². The molecule has 0 saturated heterocycles. The van der Waals surface area contributed by atoms with E-state index in [0.29, 0.717) is 23.9 Å². The molecule has 0 aliphatic heterocycles. The lowest BCUT2D eigenvalue weighted by atomic mass is 10.2. The standard InChI is InChI=1S/C20H15BrFN3OS/c1-2-9-25-19(18-11-14-10-15(21)5-8-17(14)26-18)23-24-20(25)27-12-13-3-6-16(22)7-4-13/h2-8,10-11H,1,9,12H2. The maximum Gasteiger partial charge on any atom is 0.200 e. The first kappa shape index (κ1) is 18.0. The molecule has 0 atom stereocenters. The second-order valence-corrected chi connectivity index (χ2v) is 7.77. The molecule has 0 bridgehead atoms. The molecule has 0 aliphatic carbocycles. The van der Waals surface area contributed by atoms with E-state index in [0.717, 1.165) is 26.2 Å². The molecule has 4 aromatic rings. The van der Waals surface area contributed by atoms with Crippen LogP contribution in [-0.2, 0) is 12.3 Å². The van der Waals surface area contributed by atoms with Crippen molar-refractivity contribution >= 4 is 38.7 Å². The summed E-state index contributed by atoms with van der Waals surface area (Å²) in [5.41, 5.74) is 1.81. The van der Waals surface area contributed by atoms with Crippen LogP contribution in [0.4, 0.5) is 4.39 Å². The summed E-state index contributed by atoms with van der Waals surface area (Å²) in [6, 6.07) is 14.3. The Kier molecular flexibility index (Phi) is 5.13. The summed E-state index contributed by atoms with van der Waals surface area (Å²) < 4.78 is 22.0. The van der Waals surface area contributed by atoms with Gasteiger partial charge >= 0.3 is 0 Å². The van der Waals surface area contributed by atoms with Crippen LogP contribution in [0.1, 0.15) is 5.56 Å². The number of allylic oxidation sites excluding steroid dienone is 1. The molecular formula is C20H15BrFN3OS. The fourth-order valence-corrected chi connectivity index (χ4v) is 4.01. The molecule has 2 heterocycles. The fraction of sp³-hybridized carbons (Fsp3) is 0.100. The summed E-state index contributed by atoms with van der Waals surface area (Å²) in [6.07, 6.45) is 1.80. The van der Waals surface area contributed by atoms with E-state index in [1.54, 1.807) is 30.0 Å². The van der Waals surface area contributed by atoms with Crippen molar-refractivity contribution in [3.05, 3.63) is 77.0 Å². The predicted octanol–water partition coefficient (Wildman–Crippen LogP) is 6.07. The summed E-state index contributed by atoms with van der Waals surface area (Å²) in [5, 5.41) is 10.4. The summed E-state index contributed by atoms with van der Waals surface area (Å²) in [7, 11) is 0. The fourth-order valence-electron chi connectivity index (χ4n) is 2.72. The third kappa shape index (κ3) is 3.84. The van der Waals surface area contributed by atoms with Crippen LogP contribution < -0.4 is 0 Å². The van der Waals surface area contributed by atoms with Crippen molar-refractivity contribution in [2.24, 2.45) is 0 Å². The minimum absolute atomic E-state index is 0.239. The Labute approximate surface area is 168 Å². The van der Waals surface area contributed by atoms with Gasteiger partial charge in [0.2, 0.25) is 5.82 Å². The van der Waals surface area contributed by atoms with Gasteiger partial charge in [0.25, 0.3) is 0 Å². The molecule has 0 unspecified atom stereocenters. The lowest BCUT2D eigenvalue weighted by molar-refractivity contribution is 0.613.